The topological polar surface area (TPSA) is 55.1 Å². The van der Waals surface area contributed by atoms with E-state index in [0.717, 1.165) is 15.6 Å². The molecule has 2 rings (SSSR count). The van der Waals surface area contributed by atoms with Gasteiger partial charge in [0.1, 0.15) is 4.88 Å². The quantitative estimate of drug-likeness (QED) is 0.837. The predicted octanol–water partition coefficient (Wildman–Crippen LogP) is 3.77. The summed E-state index contributed by atoms with van der Waals surface area (Å²) in [5.41, 5.74) is 3.05. The van der Waals surface area contributed by atoms with Crippen LogP contribution < -0.4 is 11.1 Å². The fourth-order valence-corrected chi connectivity index (χ4v) is 3.40. The van der Waals surface area contributed by atoms with Gasteiger partial charge in [0.25, 0.3) is 5.91 Å². The minimum absolute atomic E-state index is 0.0598. The molecule has 0 saturated carbocycles. The Morgan fingerprint density at radius 1 is 1.43 bits per heavy atom. The second-order valence-corrected chi connectivity index (χ2v) is 6.53. The number of nitrogens with two attached hydrogens (primary N) is 1. The van der Waals surface area contributed by atoms with Crippen molar-refractivity contribution in [2.24, 2.45) is 0 Å². The van der Waals surface area contributed by atoms with Gasteiger partial charge < -0.3 is 11.1 Å². The molecule has 0 aliphatic heterocycles. The van der Waals surface area contributed by atoms with E-state index in [1.54, 1.807) is 0 Å². The number of carbonyl (C=O) groups is 1. The van der Waals surface area contributed by atoms with Crippen molar-refractivity contribution in [3.8, 4) is 0 Å². The molecule has 114 valence electrons. The molecule has 1 amide bonds. The molecule has 1 aromatic heterocycles. The van der Waals surface area contributed by atoms with Gasteiger partial charge in [0.05, 0.1) is 5.69 Å². The maximum atomic E-state index is 12.0. The van der Waals surface area contributed by atoms with Crippen LogP contribution in [-0.4, -0.2) is 23.7 Å². The molecule has 0 aliphatic carbocycles. The zero-order valence-electron chi connectivity index (χ0n) is 11.1. The molecular weight excluding hydrogens is 321 g/mol. The van der Waals surface area contributed by atoms with Crippen LogP contribution in [0.4, 0.5) is 18.9 Å². The lowest BCUT2D eigenvalue weighted by Gasteiger charge is -2.06. The predicted molar refractivity (Wildman–Crippen MR) is 81.8 cm³/mol. The summed E-state index contributed by atoms with van der Waals surface area (Å²) in [5, 5.41) is 3.26. The normalized spacial score (nSPS) is 11.8. The molecule has 1 aromatic carbocycles. The second-order valence-electron chi connectivity index (χ2n) is 4.35. The molecule has 3 nitrogen and oxygen atoms in total. The molecule has 0 spiro atoms. The van der Waals surface area contributed by atoms with Crippen LogP contribution in [0.3, 0.4) is 0 Å². The van der Waals surface area contributed by atoms with Gasteiger partial charge in [0, 0.05) is 22.4 Å². The molecule has 0 unspecified atom stereocenters. The highest BCUT2D eigenvalue weighted by Crippen LogP contribution is 2.35. The smallest absolute Gasteiger partial charge is 0.397 e. The summed E-state index contributed by atoms with van der Waals surface area (Å²) < 4.78 is 36.9. The van der Waals surface area contributed by atoms with E-state index in [1.165, 1.54) is 11.3 Å². The van der Waals surface area contributed by atoms with Crippen molar-refractivity contribution < 1.29 is 18.0 Å². The third-order valence-electron chi connectivity index (χ3n) is 2.81. The van der Waals surface area contributed by atoms with Gasteiger partial charge in [-0.25, -0.2) is 0 Å². The number of alkyl halides is 3. The van der Waals surface area contributed by atoms with E-state index in [9.17, 15) is 18.0 Å². The fraction of sp³-hybridized carbons (Fsp3) is 0.308. The molecule has 0 atom stereocenters. The van der Waals surface area contributed by atoms with Crippen molar-refractivity contribution in [2.45, 2.75) is 12.4 Å². The molecule has 21 heavy (non-hydrogen) atoms. The Morgan fingerprint density at radius 3 is 2.76 bits per heavy atom. The van der Waals surface area contributed by atoms with Gasteiger partial charge in [-0.2, -0.15) is 13.2 Å². The first-order valence-corrected chi connectivity index (χ1v) is 7.86. The molecule has 2 aromatic rings. The highest BCUT2D eigenvalue weighted by Gasteiger charge is 2.27. The van der Waals surface area contributed by atoms with Gasteiger partial charge in [-0.3, -0.25) is 4.79 Å². The van der Waals surface area contributed by atoms with Gasteiger partial charge in [0.2, 0.25) is 0 Å². The van der Waals surface area contributed by atoms with Gasteiger partial charge in [-0.15, -0.1) is 11.3 Å². The Bertz CT molecular complexity index is 667. The van der Waals surface area contributed by atoms with Crippen LogP contribution in [0.15, 0.2) is 18.2 Å². The number of hydrogen-bond donors (Lipinski definition) is 2. The lowest BCUT2D eigenvalue weighted by Crippen LogP contribution is -2.26. The van der Waals surface area contributed by atoms with Crippen LogP contribution in [0.5, 0.6) is 0 Å². The highest BCUT2D eigenvalue weighted by molar-refractivity contribution is 8.00. The van der Waals surface area contributed by atoms with Crippen molar-refractivity contribution in [1.82, 2.24) is 5.32 Å². The second kappa shape index (κ2) is 6.15. The van der Waals surface area contributed by atoms with Crippen molar-refractivity contribution >= 4 is 44.8 Å². The Labute approximate surface area is 127 Å². The zero-order valence-corrected chi connectivity index (χ0v) is 12.7. The van der Waals surface area contributed by atoms with E-state index in [4.69, 9.17) is 5.73 Å². The molecule has 0 bridgehead atoms. The minimum Gasteiger partial charge on any atom is -0.397 e. The summed E-state index contributed by atoms with van der Waals surface area (Å²) in [6, 6.07) is 5.59. The van der Waals surface area contributed by atoms with Crippen LogP contribution in [0.25, 0.3) is 10.1 Å². The monoisotopic (exact) mass is 334 g/mol. The van der Waals surface area contributed by atoms with Crippen LogP contribution in [-0.2, 0) is 0 Å². The number of amides is 1. The number of thioether (sulfide) groups is 1. The highest BCUT2D eigenvalue weighted by atomic mass is 32.2. The number of fused-ring (bicyclic) bond motifs is 1. The lowest BCUT2D eigenvalue weighted by atomic mass is 10.1. The van der Waals surface area contributed by atoms with Gasteiger partial charge >= 0.3 is 5.51 Å². The molecular formula is C13H13F3N2OS2. The fourth-order valence-electron chi connectivity index (χ4n) is 1.86. The number of hydrogen-bond acceptors (Lipinski definition) is 4. The Morgan fingerprint density at radius 2 is 2.14 bits per heavy atom. The van der Waals surface area contributed by atoms with E-state index >= 15 is 0 Å². The van der Waals surface area contributed by atoms with Crippen LogP contribution in [0.1, 0.15) is 15.2 Å². The van der Waals surface area contributed by atoms with Crippen molar-refractivity contribution in [3.63, 3.8) is 0 Å². The average molecular weight is 334 g/mol. The van der Waals surface area contributed by atoms with Crippen molar-refractivity contribution in [2.75, 3.05) is 18.0 Å². The summed E-state index contributed by atoms with van der Waals surface area (Å²) in [5.74, 6) is -0.658. The summed E-state index contributed by atoms with van der Waals surface area (Å²) >= 11 is 1.10. The Balaban J connectivity index is 2.06. The number of nitrogen functional groups attached to an aromatic ring is 1. The molecule has 3 N–H and O–H groups in total. The molecule has 1 heterocycles. The number of aryl methyl sites for hydroxylation is 1. The van der Waals surface area contributed by atoms with Crippen LogP contribution in [0.2, 0.25) is 0 Å². The maximum Gasteiger partial charge on any atom is 0.441 e. The Kier molecular flexibility index (Phi) is 4.67. The number of nitrogens with one attached hydrogen (secondary N) is 1. The number of anilines is 1. The zero-order chi connectivity index (χ0) is 15.6. The van der Waals surface area contributed by atoms with E-state index in [1.807, 2.05) is 25.1 Å². The third kappa shape index (κ3) is 3.82. The summed E-state index contributed by atoms with van der Waals surface area (Å²) in [6.07, 6.45) is 0. The van der Waals surface area contributed by atoms with Gasteiger partial charge in [0.15, 0.2) is 0 Å². The Hall–Kier alpha value is -1.41. The third-order valence-corrected chi connectivity index (χ3v) is 4.90. The van der Waals surface area contributed by atoms with Gasteiger partial charge in [-0.1, -0.05) is 18.2 Å². The van der Waals surface area contributed by atoms with E-state index in [2.05, 4.69) is 5.32 Å². The molecule has 0 saturated heterocycles. The first-order chi connectivity index (χ1) is 9.79. The number of carbonyl (C=O) groups excluding carboxylic acids is 1. The first kappa shape index (κ1) is 16.0. The van der Waals surface area contributed by atoms with E-state index in [0.29, 0.717) is 10.6 Å². The number of halogens is 3. The standard InChI is InChI=1S/C13H13F3N2OS2/c1-7-3-2-4-8-9(17)11(21-10(7)8)12(19)18-5-6-20-13(14,15)16/h2-4H,5-6,17H2,1H3,(H,18,19). The molecule has 0 fully saturated rings. The van der Waals surface area contributed by atoms with Crippen molar-refractivity contribution in [1.29, 1.82) is 0 Å². The molecule has 0 aliphatic rings. The maximum absolute atomic E-state index is 12.0. The van der Waals surface area contributed by atoms with E-state index in [-0.39, 0.29) is 24.1 Å². The summed E-state index contributed by atoms with van der Waals surface area (Å²) in [7, 11) is 0. The van der Waals surface area contributed by atoms with Crippen LogP contribution in [0, 0.1) is 6.92 Å². The van der Waals surface area contributed by atoms with Gasteiger partial charge in [-0.05, 0) is 24.2 Å². The first-order valence-electron chi connectivity index (χ1n) is 6.06. The average Bonchev–Trinajstić information content (AvgIpc) is 2.73. The SMILES string of the molecule is Cc1cccc2c(N)c(C(=O)NCCSC(F)(F)F)sc12. The molecule has 0 radical (unpaired) electrons. The number of rotatable bonds is 4. The number of thiophene rings is 1. The number of benzene rings is 1. The lowest BCUT2D eigenvalue weighted by molar-refractivity contribution is -0.0327. The minimum atomic E-state index is -4.28. The summed E-state index contributed by atoms with van der Waals surface area (Å²) in [6.45, 7) is 1.86. The summed E-state index contributed by atoms with van der Waals surface area (Å²) in [4.78, 5) is 12.3. The molecule has 8 heteroatoms. The van der Waals surface area contributed by atoms with E-state index < -0.39 is 11.4 Å². The largest absolute Gasteiger partial charge is 0.441 e. The van der Waals surface area contributed by atoms with Crippen LogP contribution >= 0.6 is 23.1 Å². The van der Waals surface area contributed by atoms with Crippen molar-refractivity contribution in [3.05, 3.63) is 28.6 Å².